The van der Waals surface area contributed by atoms with Crippen molar-refractivity contribution in [1.29, 1.82) is 0 Å². The van der Waals surface area contributed by atoms with E-state index in [-0.39, 0.29) is 5.60 Å². The van der Waals surface area contributed by atoms with E-state index in [1.165, 1.54) is 0 Å². The van der Waals surface area contributed by atoms with Crippen LogP contribution in [-0.4, -0.2) is 17.1 Å². The van der Waals surface area contributed by atoms with Gasteiger partial charge in [-0.25, -0.2) is 0 Å². The molecule has 3 nitrogen and oxygen atoms in total. The molecule has 0 spiro atoms. The second-order valence-electron chi connectivity index (χ2n) is 4.44. The highest BCUT2D eigenvalue weighted by Crippen LogP contribution is 2.28. The van der Waals surface area contributed by atoms with Gasteiger partial charge in [0.05, 0.1) is 5.52 Å². The Balaban J connectivity index is 2.42. The first kappa shape index (κ1) is 11.9. The lowest BCUT2D eigenvalue weighted by molar-refractivity contribution is 0.0955. The molecule has 2 aromatic rings. The van der Waals surface area contributed by atoms with Gasteiger partial charge in [0.15, 0.2) is 0 Å². The van der Waals surface area contributed by atoms with Gasteiger partial charge >= 0.3 is 0 Å². The van der Waals surface area contributed by atoms with Gasteiger partial charge in [-0.05, 0) is 37.6 Å². The molecule has 17 heavy (non-hydrogen) atoms. The van der Waals surface area contributed by atoms with E-state index in [0.717, 1.165) is 23.1 Å². The second kappa shape index (κ2) is 4.72. The molecule has 1 aromatic carbocycles. The van der Waals surface area contributed by atoms with E-state index in [9.17, 15) is 0 Å². The maximum Gasteiger partial charge on any atom is 0.129 e. The smallest absolute Gasteiger partial charge is 0.129 e. The number of nitrogens with zero attached hydrogens (tertiary/aromatic N) is 1. The maximum atomic E-state index is 6.05. The summed E-state index contributed by atoms with van der Waals surface area (Å²) in [5, 5.41) is 1.03. The summed E-state index contributed by atoms with van der Waals surface area (Å²) in [5.74, 6) is 0.852. The standard InChI is InChI=1S/C14H18N2O/c1-3-14(2,10-15)17-13-8-4-7-12-11(13)6-5-9-16-12/h4-9H,3,10,15H2,1-2H3. The Morgan fingerprint density at radius 1 is 1.29 bits per heavy atom. The number of nitrogens with two attached hydrogens (primary N) is 1. The van der Waals surface area contributed by atoms with Gasteiger partial charge in [0.25, 0.3) is 0 Å². The first-order chi connectivity index (χ1) is 8.18. The van der Waals surface area contributed by atoms with Crippen LogP contribution < -0.4 is 10.5 Å². The average Bonchev–Trinajstić information content (AvgIpc) is 2.39. The third-order valence-electron chi connectivity index (χ3n) is 3.14. The number of pyridine rings is 1. The van der Waals surface area contributed by atoms with Crippen LogP contribution in [0.4, 0.5) is 0 Å². The molecule has 1 aromatic heterocycles. The molecule has 0 aliphatic heterocycles. The van der Waals surface area contributed by atoms with E-state index in [1.807, 2.05) is 37.3 Å². The molecule has 2 rings (SSSR count). The Morgan fingerprint density at radius 2 is 2.12 bits per heavy atom. The summed E-state index contributed by atoms with van der Waals surface area (Å²) in [6.07, 6.45) is 2.66. The van der Waals surface area contributed by atoms with Crippen molar-refractivity contribution in [3.63, 3.8) is 0 Å². The highest BCUT2D eigenvalue weighted by atomic mass is 16.5. The van der Waals surface area contributed by atoms with E-state index in [4.69, 9.17) is 10.5 Å². The maximum absolute atomic E-state index is 6.05. The van der Waals surface area contributed by atoms with E-state index in [0.29, 0.717) is 6.54 Å². The summed E-state index contributed by atoms with van der Waals surface area (Å²) in [7, 11) is 0. The number of ether oxygens (including phenoxy) is 1. The molecule has 2 N–H and O–H groups in total. The molecule has 1 atom stereocenters. The number of benzene rings is 1. The summed E-state index contributed by atoms with van der Waals surface area (Å²) < 4.78 is 6.05. The average molecular weight is 230 g/mol. The van der Waals surface area contributed by atoms with Crippen molar-refractivity contribution in [2.24, 2.45) is 5.73 Å². The first-order valence-electron chi connectivity index (χ1n) is 5.91. The van der Waals surface area contributed by atoms with E-state index in [1.54, 1.807) is 6.20 Å². The fraction of sp³-hybridized carbons (Fsp3) is 0.357. The Kier molecular flexibility index (Phi) is 3.29. The zero-order valence-corrected chi connectivity index (χ0v) is 10.3. The summed E-state index contributed by atoms with van der Waals surface area (Å²) in [5.41, 5.74) is 6.40. The summed E-state index contributed by atoms with van der Waals surface area (Å²) in [4.78, 5) is 4.31. The quantitative estimate of drug-likeness (QED) is 0.878. The molecule has 90 valence electrons. The van der Waals surface area contributed by atoms with Gasteiger partial charge in [-0.15, -0.1) is 0 Å². The van der Waals surface area contributed by atoms with Gasteiger partial charge in [-0.2, -0.15) is 0 Å². The van der Waals surface area contributed by atoms with Gasteiger partial charge in [0, 0.05) is 18.1 Å². The minimum absolute atomic E-state index is 0.315. The van der Waals surface area contributed by atoms with Gasteiger partial charge in [0.1, 0.15) is 11.4 Å². The number of hydrogen-bond acceptors (Lipinski definition) is 3. The van der Waals surface area contributed by atoms with Crippen molar-refractivity contribution in [3.05, 3.63) is 36.5 Å². The largest absolute Gasteiger partial charge is 0.486 e. The molecule has 1 heterocycles. The molecule has 0 fully saturated rings. The SMILES string of the molecule is CCC(C)(CN)Oc1cccc2ncccc12. The van der Waals surface area contributed by atoms with Crippen LogP contribution >= 0.6 is 0 Å². The third-order valence-corrected chi connectivity index (χ3v) is 3.14. The fourth-order valence-corrected chi connectivity index (χ4v) is 1.69. The van der Waals surface area contributed by atoms with Gasteiger partial charge in [-0.1, -0.05) is 13.0 Å². The zero-order valence-electron chi connectivity index (χ0n) is 10.3. The lowest BCUT2D eigenvalue weighted by Gasteiger charge is -2.28. The minimum Gasteiger partial charge on any atom is -0.486 e. The molecule has 0 aliphatic carbocycles. The molecule has 3 heteroatoms. The predicted molar refractivity (Wildman–Crippen MR) is 70.1 cm³/mol. The molecule has 0 saturated carbocycles. The predicted octanol–water partition coefficient (Wildman–Crippen LogP) is 2.74. The second-order valence-corrected chi connectivity index (χ2v) is 4.44. The van der Waals surface area contributed by atoms with E-state index < -0.39 is 0 Å². The van der Waals surface area contributed by atoms with Crippen molar-refractivity contribution in [2.75, 3.05) is 6.54 Å². The van der Waals surface area contributed by atoms with Gasteiger partial charge in [0.2, 0.25) is 0 Å². The van der Waals surface area contributed by atoms with Gasteiger partial charge < -0.3 is 10.5 Å². The van der Waals surface area contributed by atoms with Crippen molar-refractivity contribution in [3.8, 4) is 5.75 Å². The molecular weight excluding hydrogens is 212 g/mol. The topological polar surface area (TPSA) is 48.1 Å². The van der Waals surface area contributed by atoms with E-state index >= 15 is 0 Å². The Morgan fingerprint density at radius 3 is 2.82 bits per heavy atom. The molecule has 0 bridgehead atoms. The molecule has 1 unspecified atom stereocenters. The van der Waals surface area contributed by atoms with E-state index in [2.05, 4.69) is 11.9 Å². The van der Waals surface area contributed by atoms with Crippen LogP contribution in [0.3, 0.4) is 0 Å². The summed E-state index contributed by atoms with van der Waals surface area (Å²) in [6.45, 7) is 4.61. The molecule has 0 saturated heterocycles. The number of aromatic nitrogens is 1. The highest BCUT2D eigenvalue weighted by molar-refractivity contribution is 5.84. The van der Waals surface area contributed by atoms with Crippen molar-refractivity contribution in [1.82, 2.24) is 4.98 Å². The molecule has 0 radical (unpaired) electrons. The Bertz CT molecular complexity index is 501. The summed E-state index contributed by atoms with van der Waals surface area (Å²) >= 11 is 0. The molecular formula is C14H18N2O. The number of hydrogen-bond donors (Lipinski definition) is 1. The van der Waals surface area contributed by atoms with Crippen LogP contribution in [0, 0.1) is 0 Å². The lowest BCUT2D eigenvalue weighted by atomic mass is 10.0. The van der Waals surface area contributed by atoms with Crippen LogP contribution in [0.5, 0.6) is 5.75 Å². The monoisotopic (exact) mass is 230 g/mol. The highest BCUT2D eigenvalue weighted by Gasteiger charge is 2.22. The minimum atomic E-state index is -0.315. The lowest BCUT2D eigenvalue weighted by Crippen LogP contribution is -2.39. The molecule has 0 aliphatic rings. The van der Waals surface area contributed by atoms with Crippen molar-refractivity contribution >= 4 is 10.9 Å². The normalized spacial score (nSPS) is 14.5. The molecule has 0 amide bonds. The van der Waals surface area contributed by atoms with Crippen LogP contribution in [0.2, 0.25) is 0 Å². The van der Waals surface area contributed by atoms with Crippen molar-refractivity contribution < 1.29 is 4.74 Å². The van der Waals surface area contributed by atoms with Crippen LogP contribution in [0.1, 0.15) is 20.3 Å². The van der Waals surface area contributed by atoms with Crippen molar-refractivity contribution in [2.45, 2.75) is 25.9 Å². The van der Waals surface area contributed by atoms with Crippen LogP contribution in [0.25, 0.3) is 10.9 Å². The zero-order chi connectivity index (χ0) is 12.3. The Labute approximate surface area is 102 Å². The number of fused-ring (bicyclic) bond motifs is 1. The van der Waals surface area contributed by atoms with Crippen LogP contribution in [-0.2, 0) is 0 Å². The number of rotatable bonds is 4. The Hall–Kier alpha value is -1.61. The van der Waals surface area contributed by atoms with Gasteiger partial charge in [-0.3, -0.25) is 4.98 Å². The van der Waals surface area contributed by atoms with Crippen LogP contribution in [0.15, 0.2) is 36.5 Å². The third kappa shape index (κ3) is 2.39. The fourth-order valence-electron chi connectivity index (χ4n) is 1.69. The summed E-state index contributed by atoms with van der Waals surface area (Å²) in [6, 6.07) is 9.84. The first-order valence-corrected chi connectivity index (χ1v) is 5.91.